The van der Waals surface area contributed by atoms with Crippen LogP contribution in [-0.4, -0.2) is 42.3 Å². The zero-order valence-electron chi connectivity index (χ0n) is 10.5. The second-order valence-corrected chi connectivity index (χ2v) is 7.17. The molecule has 0 radical (unpaired) electrons. The normalized spacial score (nSPS) is 31.3. The van der Waals surface area contributed by atoms with Gasteiger partial charge in [0, 0.05) is 31.1 Å². The van der Waals surface area contributed by atoms with Crippen molar-refractivity contribution < 1.29 is 14.6 Å². The van der Waals surface area contributed by atoms with Crippen molar-refractivity contribution >= 4 is 28.9 Å². The van der Waals surface area contributed by atoms with E-state index in [9.17, 15) is 9.90 Å². The lowest BCUT2D eigenvalue weighted by Crippen LogP contribution is -2.46. The summed E-state index contributed by atoms with van der Waals surface area (Å²) in [7, 11) is 0. The highest BCUT2D eigenvalue weighted by Gasteiger charge is 2.53. The fourth-order valence-electron chi connectivity index (χ4n) is 3.17. The highest BCUT2D eigenvalue weighted by atomic mass is 35.5. The fourth-order valence-corrected chi connectivity index (χ4v) is 4.30. The monoisotopic (exact) mass is 301 g/mol. The Morgan fingerprint density at radius 1 is 1.63 bits per heavy atom. The van der Waals surface area contributed by atoms with Crippen LogP contribution in [0.4, 0.5) is 0 Å². The number of ether oxygens (including phenoxy) is 1. The molecule has 6 heteroatoms. The molecule has 19 heavy (non-hydrogen) atoms. The number of carboxylic acids is 1. The van der Waals surface area contributed by atoms with Gasteiger partial charge in [0.2, 0.25) is 0 Å². The minimum absolute atomic E-state index is 0.203. The van der Waals surface area contributed by atoms with Gasteiger partial charge in [-0.2, -0.15) is 0 Å². The van der Waals surface area contributed by atoms with Gasteiger partial charge in [0.25, 0.3) is 0 Å². The third kappa shape index (κ3) is 2.40. The van der Waals surface area contributed by atoms with E-state index in [0.29, 0.717) is 19.8 Å². The van der Waals surface area contributed by atoms with Gasteiger partial charge in [-0.15, -0.1) is 11.3 Å². The quantitative estimate of drug-likeness (QED) is 0.931. The van der Waals surface area contributed by atoms with Crippen LogP contribution in [0.2, 0.25) is 4.34 Å². The zero-order valence-corrected chi connectivity index (χ0v) is 12.0. The fraction of sp³-hybridized carbons (Fsp3) is 0.615. The number of nitrogens with zero attached hydrogens (tertiary/aromatic N) is 1. The van der Waals surface area contributed by atoms with Crippen LogP contribution in [0.3, 0.4) is 0 Å². The van der Waals surface area contributed by atoms with E-state index in [-0.39, 0.29) is 5.92 Å². The van der Waals surface area contributed by atoms with Crippen molar-refractivity contribution in [1.82, 2.24) is 4.90 Å². The van der Waals surface area contributed by atoms with Crippen molar-refractivity contribution in [1.29, 1.82) is 0 Å². The largest absolute Gasteiger partial charge is 0.481 e. The van der Waals surface area contributed by atoms with Crippen LogP contribution in [0.15, 0.2) is 12.1 Å². The SMILES string of the molecule is O=C(O)[C@]12COCC[C@H]1CN(Cc1ccc(Cl)s1)C2. The van der Waals surface area contributed by atoms with E-state index in [1.807, 2.05) is 12.1 Å². The summed E-state index contributed by atoms with van der Waals surface area (Å²) in [6, 6.07) is 3.90. The maximum absolute atomic E-state index is 11.6. The summed E-state index contributed by atoms with van der Waals surface area (Å²) >= 11 is 7.49. The number of halogens is 1. The highest BCUT2D eigenvalue weighted by molar-refractivity contribution is 7.16. The summed E-state index contributed by atoms with van der Waals surface area (Å²) in [5, 5.41) is 9.56. The third-order valence-electron chi connectivity index (χ3n) is 4.17. The van der Waals surface area contributed by atoms with Crippen LogP contribution in [0.5, 0.6) is 0 Å². The van der Waals surface area contributed by atoms with Crippen LogP contribution in [-0.2, 0) is 16.1 Å². The lowest BCUT2D eigenvalue weighted by Gasteiger charge is -2.34. The van der Waals surface area contributed by atoms with Gasteiger partial charge in [0.05, 0.1) is 10.9 Å². The van der Waals surface area contributed by atoms with Crippen molar-refractivity contribution in [2.75, 3.05) is 26.3 Å². The van der Waals surface area contributed by atoms with Gasteiger partial charge in [-0.05, 0) is 24.5 Å². The van der Waals surface area contributed by atoms with Crippen LogP contribution < -0.4 is 0 Å². The maximum atomic E-state index is 11.6. The first-order valence-corrected chi connectivity index (χ1v) is 7.57. The molecule has 1 N–H and O–H groups in total. The molecular weight excluding hydrogens is 286 g/mol. The smallest absolute Gasteiger partial charge is 0.313 e. The molecule has 0 amide bonds. The van der Waals surface area contributed by atoms with E-state index < -0.39 is 11.4 Å². The Hall–Kier alpha value is -0.620. The molecule has 4 nitrogen and oxygen atoms in total. The van der Waals surface area contributed by atoms with Crippen molar-refractivity contribution in [3.8, 4) is 0 Å². The number of likely N-dealkylation sites (tertiary alicyclic amines) is 1. The number of hydrogen-bond donors (Lipinski definition) is 1. The van der Waals surface area contributed by atoms with E-state index in [2.05, 4.69) is 4.90 Å². The molecule has 0 unspecified atom stereocenters. The van der Waals surface area contributed by atoms with Gasteiger partial charge in [0.1, 0.15) is 5.41 Å². The molecule has 3 heterocycles. The van der Waals surface area contributed by atoms with Gasteiger partial charge in [-0.3, -0.25) is 9.69 Å². The molecular formula is C13H16ClNO3S. The standard InChI is InChI=1S/C13H16ClNO3S/c14-11-2-1-10(19-11)6-15-5-9-3-4-18-8-13(9,7-15)12(16)17/h1-2,9H,3-8H2,(H,16,17)/t9-,13+/m0/s1. The summed E-state index contributed by atoms with van der Waals surface area (Å²) < 4.78 is 6.21. The number of carbonyl (C=O) groups is 1. The number of rotatable bonds is 3. The first-order valence-electron chi connectivity index (χ1n) is 6.38. The molecule has 104 valence electrons. The minimum atomic E-state index is -0.719. The molecule has 2 saturated heterocycles. The molecule has 0 spiro atoms. The van der Waals surface area contributed by atoms with Crippen LogP contribution >= 0.6 is 22.9 Å². The van der Waals surface area contributed by atoms with E-state index in [1.165, 1.54) is 4.88 Å². The van der Waals surface area contributed by atoms with E-state index in [1.54, 1.807) is 11.3 Å². The van der Waals surface area contributed by atoms with Gasteiger partial charge in [-0.1, -0.05) is 11.6 Å². The van der Waals surface area contributed by atoms with Gasteiger partial charge >= 0.3 is 5.97 Å². The summed E-state index contributed by atoms with van der Waals surface area (Å²) in [6.45, 7) is 3.21. The predicted octanol–water partition coefficient (Wildman–Crippen LogP) is 2.32. The number of fused-ring (bicyclic) bond motifs is 1. The average molecular weight is 302 g/mol. The van der Waals surface area contributed by atoms with Gasteiger partial charge in [0.15, 0.2) is 0 Å². The number of thiophene rings is 1. The van der Waals surface area contributed by atoms with Crippen molar-refractivity contribution in [3.63, 3.8) is 0 Å². The van der Waals surface area contributed by atoms with Crippen LogP contribution in [0.1, 0.15) is 11.3 Å². The molecule has 2 aliphatic heterocycles. The molecule has 1 aromatic heterocycles. The van der Waals surface area contributed by atoms with E-state index in [4.69, 9.17) is 16.3 Å². The van der Waals surface area contributed by atoms with E-state index >= 15 is 0 Å². The molecule has 0 aliphatic carbocycles. The molecule has 0 bridgehead atoms. The van der Waals surface area contributed by atoms with Crippen LogP contribution in [0, 0.1) is 11.3 Å². The molecule has 3 rings (SSSR count). The molecule has 0 saturated carbocycles. The second kappa shape index (κ2) is 5.05. The highest BCUT2D eigenvalue weighted by Crippen LogP contribution is 2.42. The first-order chi connectivity index (χ1) is 9.10. The van der Waals surface area contributed by atoms with Crippen LogP contribution in [0.25, 0.3) is 0 Å². The number of hydrogen-bond acceptors (Lipinski definition) is 4. The van der Waals surface area contributed by atoms with Crippen molar-refractivity contribution in [3.05, 3.63) is 21.3 Å². The Balaban J connectivity index is 1.75. The Kier molecular flexibility index (Phi) is 3.55. The number of carboxylic acid groups (broad SMARTS) is 1. The maximum Gasteiger partial charge on any atom is 0.313 e. The topological polar surface area (TPSA) is 49.8 Å². The van der Waals surface area contributed by atoms with E-state index in [0.717, 1.165) is 23.8 Å². The Morgan fingerprint density at radius 3 is 3.11 bits per heavy atom. The van der Waals surface area contributed by atoms with Crippen molar-refractivity contribution in [2.45, 2.75) is 13.0 Å². The lowest BCUT2D eigenvalue weighted by atomic mass is 9.76. The summed E-state index contributed by atoms with van der Waals surface area (Å²) in [6.07, 6.45) is 0.841. The predicted molar refractivity (Wildman–Crippen MR) is 73.6 cm³/mol. The average Bonchev–Trinajstić information content (AvgIpc) is 2.93. The molecule has 0 aromatic carbocycles. The second-order valence-electron chi connectivity index (χ2n) is 5.37. The van der Waals surface area contributed by atoms with Gasteiger partial charge in [-0.25, -0.2) is 0 Å². The molecule has 2 atom stereocenters. The first kappa shape index (κ1) is 13.4. The minimum Gasteiger partial charge on any atom is -0.481 e. The van der Waals surface area contributed by atoms with Gasteiger partial charge < -0.3 is 9.84 Å². The Bertz CT molecular complexity index is 492. The zero-order chi connectivity index (χ0) is 13.5. The lowest BCUT2D eigenvalue weighted by molar-refractivity contribution is -0.159. The summed E-state index contributed by atoms with van der Waals surface area (Å²) in [5.41, 5.74) is -0.709. The molecule has 1 aromatic rings. The number of aliphatic carboxylic acids is 1. The molecule has 2 fully saturated rings. The Morgan fingerprint density at radius 2 is 2.47 bits per heavy atom. The summed E-state index contributed by atoms with van der Waals surface area (Å²) in [5.74, 6) is -0.516. The summed E-state index contributed by atoms with van der Waals surface area (Å²) in [4.78, 5) is 15.0. The molecule has 2 aliphatic rings. The Labute approximate surface area is 120 Å². The third-order valence-corrected chi connectivity index (χ3v) is 5.39. The van der Waals surface area contributed by atoms with Crippen molar-refractivity contribution in [2.24, 2.45) is 11.3 Å².